The van der Waals surface area contributed by atoms with Gasteiger partial charge in [0.05, 0.1) is 0 Å². The van der Waals surface area contributed by atoms with Crippen LogP contribution in [-0.2, 0) is 0 Å². The fourth-order valence-corrected chi connectivity index (χ4v) is 6.49. The van der Waals surface area contributed by atoms with E-state index in [1.54, 1.807) is 0 Å². The SMILES string of the molecule is c1ccc(-c2ccc3cc(-c4cccc(-c5nc(-c6ccc7ccccc7c6)nc(-c6ccc7ccccc7c6)n5)c4)ccc3c2)cc1. The molecule has 0 N–H and O–H groups in total. The Balaban J connectivity index is 1.15. The molecule has 0 bridgehead atoms. The summed E-state index contributed by atoms with van der Waals surface area (Å²) in [4.78, 5) is 15.2. The van der Waals surface area contributed by atoms with Crippen molar-refractivity contribution in [2.24, 2.45) is 0 Å². The summed E-state index contributed by atoms with van der Waals surface area (Å²) in [5.74, 6) is 1.95. The lowest BCUT2D eigenvalue weighted by Gasteiger charge is -2.11. The number of hydrogen-bond donors (Lipinski definition) is 0. The van der Waals surface area contributed by atoms with E-state index in [4.69, 9.17) is 15.0 Å². The van der Waals surface area contributed by atoms with Gasteiger partial charge >= 0.3 is 0 Å². The molecule has 1 heterocycles. The molecule has 9 rings (SSSR count). The number of rotatable bonds is 5. The van der Waals surface area contributed by atoms with Crippen LogP contribution in [0.4, 0.5) is 0 Å². The van der Waals surface area contributed by atoms with Crippen molar-refractivity contribution in [3.63, 3.8) is 0 Å². The number of fused-ring (bicyclic) bond motifs is 3. The standard InChI is InChI=1S/C45H29N3/c1-2-9-30(10-3-1)36-19-20-39-26-37(21-22-38(39)25-36)35-15-8-16-40(29-35)43-46-44(41-23-17-31-11-4-6-13-33(31)27-41)48-45(47-43)42-24-18-32-12-5-7-14-34(32)28-42/h1-29H. The molecule has 0 amide bonds. The highest BCUT2D eigenvalue weighted by atomic mass is 15.0. The first-order valence-electron chi connectivity index (χ1n) is 16.2. The second-order valence-electron chi connectivity index (χ2n) is 12.2. The average Bonchev–Trinajstić information content (AvgIpc) is 3.17. The average molecular weight is 612 g/mol. The Hall–Kier alpha value is -6.45. The zero-order valence-corrected chi connectivity index (χ0v) is 26.1. The third kappa shape index (κ3) is 5.28. The molecule has 224 valence electrons. The van der Waals surface area contributed by atoms with Crippen LogP contribution in [0.2, 0.25) is 0 Å². The highest BCUT2D eigenvalue weighted by molar-refractivity contribution is 5.92. The van der Waals surface area contributed by atoms with Crippen LogP contribution in [0.1, 0.15) is 0 Å². The molecule has 0 saturated carbocycles. The van der Waals surface area contributed by atoms with Crippen LogP contribution in [0.25, 0.3) is 88.7 Å². The van der Waals surface area contributed by atoms with Gasteiger partial charge in [-0.2, -0.15) is 0 Å². The molecule has 3 nitrogen and oxygen atoms in total. The predicted molar refractivity (Wildman–Crippen MR) is 200 cm³/mol. The van der Waals surface area contributed by atoms with Crippen LogP contribution in [0, 0.1) is 0 Å². The van der Waals surface area contributed by atoms with Gasteiger partial charge in [-0.15, -0.1) is 0 Å². The summed E-state index contributed by atoms with van der Waals surface area (Å²) < 4.78 is 0. The molecule has 1 aromatic heterocycles. The topological polar surface area (TPSA) is 38.7 Å². The molecule has 0 atom stereocenters. The Bertz CT molecular complexity index is 2530. The van der Waals surface area contributed by atoms with Gasteiger partial charge in [-0.05, 0) is 84.9 Å². The lowest BCUT2D eigenvalue weighted by molar-refractivity contribution is 1.08. The molecule has 0 aliphatic heterocycles. The van der Waals surface area contributed by atoms with Crippen molar-refractivity contribution in [3.8, 4) is 56.4 Å². The maximum atomic E-state index is 5.07. The summed E-state index contributed by atoms with van der Waals surface area (Å²) in [6, 6.07) is 61.9. The van der Waals surface area contributed by atoms with Crippen molar-refractivity contribution < 1.29 is 0 Å². The van der Waals surface area contributed by atoms with E-state index in [2.05, 4.69) is 176 Å². The van der Waals surface area contributed by atoms with E-state index in [9.17, 15) is 0 Å². The second kappa shape index (κ2) is 11.7. The molecule has 0 spiro atoms. The van der Waals surface area contributed by atoms with E-state index in [0.29, 0.717) is 17.5 Å². The minimum Gasteiger partial charge on any atom is -0.208 e. The molecule has 3 heteroatoms. The summed E-state index contributed by atoms with van der Waals surface area (Å²) >= 11 is 0. The van der Waals surface area contributed by atoms with Gasteiger partial charge in [0.25, 0.3) is 0 Å². The zero-order chi connectivity index (χ0) is 31.9. The maximum Gasteiger partial charge on any atom is 0.164 e. The smallest absolute Gasteiger partial charge is 0.164 e. The molecule has 0 fully saturated rings. The fraction of sp³-hybridized carbons (Fsp3) is 0. The van der Waals surface area contributed by atoms with E-state index in [0.717, 1.165) is 38.6 Å². The summed E-state index contributed by atoms with van der Waals surface area (Å²) in [6.45, 7) is 0. The van der Waals surface area contributed by atoms with E-state index in [1.165, 1.54) is 32.7 Å². The van der Waals surface area contributed by atoms with Gasteiger partial charge in [-0.1, -0.05) is 146 Å². The minimum atomic E-state index is 0.645. The summed E-state index contributed by atoms with van der Waals surface area (Å²) in [6.07, 6.45) is 0. The largest absolute Gasteiger partial charge is 0.208 e. The van der Waals surface area contributed by atoms with Crippen LogP contribution in [0.15, 0.2) is 176 Å². The van der Waals surface area contributed by atoms with Gasteiger partial charge in [0.2, 0.25) is 0 Å². The lowest BCUT2D eigenvalue weighted by Crippen LogP contribution is -2.00. The normalized spacial score (nSPS) is 11.3. The molecule has 0 aliphatic rings. The molecule has 0 radical (unpaired) electrons. The fourth-order valence-electron chi connectivity index (χ4n) is 6.49. The van der Waals surface area contributed by atoms with E-state index < -0.39 is 0 Å². The molecular formula is C45H29N3. The van der Waals surface area contributed by atoms with Crippen LogP contribution in [0.5, 0.6) is 0 Å². The van der Waals surface area contributed by atoms with Gasteiger partial charge < -0.3 is 0 Å². The number of hydrogen-bond acceptors (Lipinski definition) is 3. The van der Waals surface area contributed by atoms with Gasteiger partial charge in [0.15, 0.2) is 17.5 Å². The monoisotopic (exact) mass is 611 g/mol. The Kier molecular flexibility index (Phi) is 6.80. The number of benzene rings is 8. The number of nitrogens with zero attached hydrogens (tertiary/aromatic N) is 3. The van der Waals surface area contributed by atoms with E-state index in [-0.39, 0.29) is 0 Å². The van der Waals surface area contributed by atoms with Gasteiger partial charge in [-0.25, -0.2) is 15.0 Å². The molecular weight excluding hydrogens is 583 g/mol. The minimum absolute atomic E-state index is 0.645. The van der Waals surface area contributed by atoms with E-state index >= 15 is 0 Å². The number of aromatic nitrogens is 3. The van der Waals surface area contributed by atoms with Crippen LogP contribution >= 0.6 is 0 Å². The maximum absolute atomic E-state index is 5.07. The third-order valence-electron chi connectivity index (χ3n) is 9.05. The summed E-state index contributed by atoms with van der Waals surface area (Å²) in [7, 11) is 0. The van der Waals surface area contributed by atoms with Crippen molar-refractivity contribution in [2.45, 2.75) is 0 Å². The second-order valence-corrected chi connectivity index (χ2v) is 12.2. The third-order valence-corrected chi connectivity index (χ3v) is 9.05. The first-order valence-corrected chi connectivity index (χ1v) is 16.2. The quantitative estimate of drug-likeness (QED) is 0.194. The Morgan fingerprint density at radius 2 is 0.542 bits per heavy atom. The van der Waals surface area contributed by atoms with Crippen molar-refractivity contribution in [1.29, 1.82) is 0 Å². The molecule has 9 aromatic rings. The van der Waals surface area contributed by atoms with Crippen LogP contribution in [0.3, 0.4) is 0 Å². The molecule has 0 unspecified atom stereocenters. The summed E-state index contributed by atoms with van der Waals surface area (Å²) in [5.41, 5.74) is 7.56. The lowest BCUT2D eigenvalue weighted by atomic mass is 9.97. The van der Waals surface area contributed by atoms with Crippen molar-refractivity contribution >= 4 is 32.3 Å². The first-order chi connectivity index (χ1) is 23.7. The van der Waals surface area contributed by atoms with Crippen molar-refractivity contribution in [2.75, 3.05) is 0 Å². The van der Waals surface area contributed by atoms with Gasteiger partial charge in [0, 0.05) is 16.7 Å². The Labute approximate surface area is 278 Å². The molecule has 0 saturated heterocycles. The Morgan fingerprint density at radius 3 is 1.10 bits per heavy atom. The highest BCUT2D eigenvalue weighted by Gasteiger charge is 2.14. The Morgan fingerprint density at radius 1 is 0.208 bits per heavy atom. The van der Waals surface area contributed by atoms with Crippen LogP contribution in [-0.4, -0.2) is 15.0 Å². The van der Waals surface area contributed by atoms with Crippen LogP contribution < -0.4 is 0 Å². The predicted octanol–water partition coefficient (Wildman–Crippen LogP) is 11.7. The van der Waals surface area contributed by atoms with E-state index in [1.807, 2.05) is 0 Å². The first kappa shape index (κ1) is 27.8. The van der Waals surface area contributed by atoms with Gasteiger partial charge in [0.1, 0.15) is 0 Å². The highest BCUT2D eigenvalue weighted by Crippen LogP contribution is 2.32. The van der Waals surface area contributed by atoms with Crippen molar-refractivity contribution in [1.82, 2.24) is 15.0 Å². The summed E-state index contributed by atoms with van der Waals surface area (Å²) in [5, 5.41) is 7.09. The molecule has 8 aromatic carbocycles. The molecule has 48 heavy (non-hydrogen) atoms. The molecule has 0 aliphatic carbocycles. The zero-order valence-electron chi connectivity index (χ0n) is 26.1. The van der Waals surface area contributed by atoms with Crippen molar-refractivity contribution in [3.05, 3.63) is 176 Å². The van der Waals surface area contributed by atoms with Gasteiger partial charge in [-0.3, -0.25) is 0 Å².